The summed E-state index contributed by atoms with van der Waals surface area (Å²) in [7, 11) is 0. The fourth-order valence-electron chi connectivity index (χ4n) is 2.66. The maximum absolute atomic E-state index is 9.05. The van der Waals surface area contributed by atoms with Gasteiger partial charge in [-0.15, -0.1) is 0 Å². The van der Waals surface area contributed by atoms with E-state index in [0.29, 0.717) is 22.3 Å². The van der Waals surface area contributed by atoms with Gasteiger partial charge in [-0.2, -0.15) is 9.64 Å². The van der Waals surface area contributed by atoms with Crippen LogP contribution in [0.15, 0.2) is 0 Å². The molecule has 1 N–H and O–H groups in total. The van der Waals surface area contributed by atoms with Crippen molar-refractivity contribution in [3.63, 3.8) is 0 Å². The second kappa shape index (κ2) is 3.71. The predicted molar refractivity (Wildman–Crippen MR) is 71.1 cm³/mol. The molecule has 1 heterocycles. The monoisotopic (exact) mass is 249 g/mol. The first-order valence-corrected chi connectivity index (χ1v) is 6.70. The quantitative estimate of drug-likeness (QED) is 0.893. The van der Waals surface area contributed by atoms with Crippen molar-refractivity contribution in [1.82, 2.24) is 4.37 Å². The summed E-state index contributed by atoms with van der Waals surface area (Å²) in [6, 6.07) is 2.21. The van der Waals surface area contributed by atoms with Gasteiger partial charge in [-0.05, 0) is 35.2 Å². The lowest BCUT2D eigenvalue weighted by Crippen LogP contribution is -2.07. The summed E-state index contributed by atoms with van der Waals surface area (Å²) in [4.78, 5) is 0. The van der Waals surface area contributed by atoms with Crippen LogP contribution in [-0.4, -0.2) is 10.9 Å². The molecule has 0 saturated heterocycles. The fourth-order valence-corrected chi connectivity index (χ4v) is 3.41. The van der Waals surface area contributed by atoms with Crippen LogP contribution in [0, 0.1) is 35.0 Å². The Labute approximate surface area is 107 Å². The Balaban J connectivity index is 2.04. The highest BCUT2D eigenvalue weighted by Crippen LogP contribution is 2.68. The molecule has 0 amide bonds. The van der Waals surface area contributed by atoms with E-state index >= 15 is 0 Å². The Kier molecular flexibility index (Phi) is 2.70. The Bertz CT molecular complexity index is 465. The zero-order valence-electron chi connectivity index (χ0n) is 11.1. The van der Waals surface area contributed by atoms with Crippen molar-refractivity contribution in [2.45, 2.75) is 34.6 Å². The topological polar surface area (TPSA) is 48.7 Å². The largest absolute Gasteiger partial charge is 0.374 e. The van der Waals surface area contributed by atoms with Gasteiger partial charge in [0.1, 0.15) is 16.6 Å². The van der Waals surface area contributed by atoms with Crippen LogP contribution >= 0.6 is 11.5 Å². The number of aromatic nitrogens is 1. The van der Waals surface area contributed by atoms with Gasteiger partial charge in [0.25, 0.3) is 0 Å². The minimum absolute atomic E-state index is 0.381. The molecule has 17 heavy (non-hydrogen) atoms. The van der Waals surface area contributed by atoms with E-state index in [0.717, 1.165) is 17.2 Å². The van der Waals surface area contributed by atoms with Crippen molar-refractivity contribution in [3.8, 4) is 6.07 Å². The average molecular weight is 249 g/mol. The van der Waals surface area contributed by atoms with Crippen molar-refractivity contribution >= 4 is 16.5 Å². The molecule has 0 radical (unpaired) electrons. The molecule has 3 nitrogen and oxygen atoms in total. The molecule has 1 aliphatic rings. The van der Waals surface area contributed by atoms with Crippen LogP contribution in [0.4, 0.5) is 5.00 Å². The number of nitrogens with zero attached hydrogens (tertiary/aromatic N) is 2. The second-order valence-electron chi connectivity index (χ2n) is 5.96. The Morgan fingerprint density at radius 3 is 2.41 bits per heavy atom. The minimum atomic E-state index is 0.381. The van der Waals surface area contributed by atoms with Gasteiger partial charge >= 0.3 is 0 Å². The van der Waals surface area contributed by atoms with E-state index in [2.05, 4.69) is 43.5 Å². The smallest absolute Gasteiger partial charge is 0.127 e. The van der Waals surface area contributed by atoms with Crippen LogP contribution < -0.4 is 5.32 Å². The number of anilines is 1. The molecule has 0 aliphatic heterocycles. The highest BCUT2D eigenvalue weighted by Gasteiger charge is 2.64. The molecule has 0 aromatic carbocycles. The lowest BCUT2D eigenvalue weighted by atomic mass is 10.0. The fraction of sp³-hybridized carbons (Fsp3) is 0.692. The van der Waals surface area contributed by atoms with Crippen LogP contribution in [0.3, 0.4) is 0 Å². The zero-order chi connectivity index (χ0) is 12.8. The van der Waals surface area contributed by atoms with Crippen molar-refractivity contribution < 1.29 is 0 Å². The number of rotatable bonds is 3. The van der Waals surface area contributed by atoms with E-state index < -0.39 is 0 Å². The third-order valence-corrected chi connectivity index (χ3v) is 5.66. The molecule has 1 saturated carbocycles. The molecule has 0 unspecified atom stereocenters. The van der Waals surface area contributed by atoms with Crippen molar-refractivity contribution in [3.05, 3.63) is 11.3 Å². The molecular formula is C13H19N3S. The molecule has 0 atom stereocenters. The van der Waals surface area contributed by atoms with Gasteiger partial charge in [0.05, 0.1) is 5.69 Å². The van der Waals surface area contributed by atoms with E-state index in [1.165, 1.54) is 11.5 Å². The van der Waals surface area contributed by atoms with E-state index in [9.17, 15) is 0 Å². The summed E-state index contributed by atoms with van der Waals surface area (Å²) in [5.41, 5.74) is 2.29. The molecule has 1 aromatic rings. The lowest BCUT2D eigenvalue weighted by Gasteiger charge is -2.05. The number of nitrogens with one attached hydrogen (secondary N) is 1. The molecule has 2 rings (SSSR count). The first-order valence-electron chi connectivity index (χ1n) is 5.92. The molecular weight excluding hydrogens is 230 g/mol. The molecule has 1 fully saturated rings. The molecule has 0 bridgehead atoms. The van der Waals surface area contributed by atoms with Gasteiger partial charge in [-0.3, -0.25) is 0 Å². The number of hydrogen-bond acceptors (Lipinski definition) is 4. The maximum atomic E-state index is 9.05. The molecule has 1 aliphatic carbocycles. The molecule has 0 spiro atoms. The van der Waals surface area contributed by atoms with E-state index in [-0.39, 0.29) is 0 Å². The van der Waals surface area contributed by atoms with Gasteiger partial charge in [-0.25, -0.2) is 0 Å². The van der Waals surface area contributed by atoms with Gasteiger partial charge in [0, 0.05) is 6.54 Å². The molecule has 1 aromatic heterocycles. The summed E-state index contributed by atoms with van der Waals surface area (Å²) in [5.74, 6) is 0.656. The van der Waals surface area contributed by atoms with Gasteiger partial charge in [0.15, 0.2) is 0 Å². The lowest BCUT2D eigenvalue weighted by molar-refractivity contribution is 0.457. The van der Waals surface area contributed by atoms with Crippen LogP contribution in [0.1, 0.15) is 39.0 Å². The average Bonchev–Trinajstić information content (AvgIpc) is 2.55. The Morgan fingerprint density at radius 1 is 1.35 bits per heavy atom. The molecule has 92 valence electrons. The number of nitriles is 1. The summed E-state index contributed by atoms with van der Waals surface area (Å²) in [5, 5.41) is 13.4. The zero-order valence-corrected chi connectivity index (χ0v) is 11.9. The van der Waals surface area contributed by atoms with Crippen LogP contribution in [-0.2, 0) is 0 Å². The van der Waals surface area contributed by atoms with Crippen LogP contribution in [0.2, 0.25) is 0 Å². The highest BCUT2D eigenvalue weighted by atomic mass is 32.1. The van der Waals surface area contributed by atoms with Gasteiger partial charge in [-0.1, -0.05) is 27.7 Å². The number of aryl methyl sites for hydroxylation is 1. The van der Waals surface area contributed by atoms with Crippen LogP contribution in [0.5, 0.6) is 0 Å². The standard InChI is InChI=1S/C13H19N3S/c1-8-9(6-14)11(17-16-8)15-7-10-12(2,3)13(10,4)5/h10,15H,7H2,1-5H3. The van der Waals surface area contributed by atoms with E-state index in [1.807, 2.05) is 6.92 Å². The van der Waals surface area contributed by atoms with Crippen molar-refractivity contribution in [2.75, 3.05) is 11.9 Å². The summed E-state index contributed by atoms with van der Waals surface area (Å²) < 4.78 is 4.22. The third-order valence-electron chi connectivity index (χ3n) is 4.76. The summed E-state index contributed by atoms with van der Waals surface area (Å²) >= 11 is 1.39. The first-order chi connectivity index (χ1) is 7.82. The Morgan fingerprint density at radius 2 is 1.94 bits per heavy atom. The summed E-state index contributed by atoms with van der Waals surface area (Å²) in [6.07, 6.45) is 0. The summed E-state index contributed by atoms with van der Waals surface area (Å²) in [6.45, 7) is 12.0. The maximum Gasteiger partial charge on any atom is 0.127 e. The van der Waals surface area contributed by atoms with Gasteiger partial charge < -0.3 is 5.32 Å². The first kappa shape index (κ1) is 12.4. The van der Waals surface area contributed by atoms with Crippen LogP contribution in [0.25, 0.3) is 0 Å². The van der Waals surface area contributed by atoms with Crippen molar-refractivity contribution in [2.24, 2.45) is 16.7 Å². The second-order valence-corrected chi connectivity index (χ2v) is 6.73. The highest BCUT2D eigenvalue weighted by molar-refractivity contribution is 7.10. The normalized spacial score (nSPS) is 20.9. The molecule has 4 heteroatoms. The van der Waals surface area contributed by atoms with Crippen molar-refractivity contribution in [1.29, 1.82) is 5.26 Å². The SMILES string of the molecule is Cc1nsc(NCC2C(C)(C)C2(C)C)c1C#N. The van der Waals surface area contributed by atoms with E-state index in [1.54, 1.807) is 0 Å². The van der Waals surface area contributed by atoms with E-state index in [4.69, 9.17) is 5.26 Å². The van der Waals surface area contributed by atoms with Gasteiger partial charge in [0.2, 0.25) is 0 Å². The predicted octanol–water partition coefficient (Wildman–Crippen LogP) is 3.42. The number of hydrogen-bond donors (Lipinski definition) is 1. The minimum Gasteiger partial charge on any atom is -0.374 e. The Hall–Kier alpha value is -1.08. The third kappa shape index (κ3) is 1.73.